The molecule has 0 saturated heterocycles. The number of benzene rings is 1. The molecule has 11 heteroatoms. The van der Waals surface area contributed by atoms with Crippen molar-refractivity contribution in [1.29, 1.82) is 0 Å². The predicted molar refractivity (Wildman–Crippen MR) is 124 cm³/mol. The van der Waals surface area contributed by atoms with Crippen LogP contribution in [0.2, 0.25) is 0 Å². The zero-order chi connectivity index (χ0) is 22.4. The molecule has 10 nitrogen and oxygen atoms in total. The number of anilines is 2. The fourth-order valence-electron chi connectivity index (χ4n) is 3.76. The van der Waals surface area contributed by atoms with Gasteiger partial charge in [0.2, 0.25) is 5.13 Å². The molecule has 162 valence electrons. The van der Waals surface area contributed by atoms with Crippen molar-refractivity contribution in [2.45, 2.75) is 13.5 Å². The summed E-state index contributed by atoms with van der Waals surface area (Å²) in [7, 11) is 3.78. The van der Waals surface area contributed by atoms with E-state index in [0.717, 1.165) is 38.9 Å². The van der Waals surface area contributed by atoms with Crippen LogP contribution >= 0.6 is 11.3 Å². The van der Waals surface area contributed by atoms with Crippen molar-refractivity contribution in [3.63, 3.8) is 0 Å². The van der Waals surface area contributed by atoms with E-state index < -0.39 is 6.09 Å². The van der Waals surface area contributed by atoms with Gasteiger partial charge in [-0.15, -0.1) is 10.2 Å². The van der Waals surface area contributed by atoms with Gasteiger partial charge >= 0.3 is 6.09 Å². The minimum absolute atomic E-state index is 0.173. The lowest BCUT2D eigenvalue weighted by molar-refractivity contribution is 0.201. The zero-order valence-electron chi connectivity index (χ0n) is 17.6. The van der Waals surface area contributed by atoms with E-state index >= 15 is 0 Å². The predicted octanol–water partition coefficient (Wildman–Crippen LogP) is 4.00. The van der Waals surface area contributed by atoms with Crippen molar-refractivity contribution in [3.8, 4) is 11.3 Å². The Kier molecular flexibility index (Phi) is 4.74. The first-order valence-corrected chi connectivity index (χ1v) is 10.7. The number of nitrogens with one attached hydrogen (secondary N) is 2. The lowest BCUT2D eigenvalue weighted by Gasteiger charge is -2.15. The number of amides is 1. The number of aromatic nitrogens is 6. The molecule has 0 aliphatic rings. The lowest BCUT2D eigenvalue weighted by Crippen LogP contribution is -2.28. The molecular weight excluding hydrogens is 428 g/mol. The van der Waals surface area contributed by atoms with Crippen LogP contribution in [-0.4, -0.2) is 48.0 Å². The van der Waals surface area contributed by atoms with Crippen LogP contribution in [0.1, 0.15) is 10.6 Å². The van der Waals surface area contributed by atoms with Crippen molar-refractivity contribution in [2.24, 2.45) is 7.05 Å². The van der Waals surface area contributed by atoms with Crippen LogP contribution in [0.4, 0.5) is 15.7 Å². The molecule has 0 saturated carbocycles. The van der Waals surface area contributed by atoms with Gasteiger partial charge in [0.15, 0.2) is 5.82 Å². The highest BCUT2D eigenvalue weighted by atomic mass is 32.1. The van der Waals surface area contributed by atoms with E-state index in [1.165, 1.54) is 16.2 Å². The number of carbonyl (C=O) groups is 1. The maximum absolute atomic E-state index is 11.8. The number of pyridine rings is 1. The Balaban J connectivity index is 1.55. The summed E-state index contributed by atoms with van der Waals surface area (Å²) in [6.45, 7) is 1.97. The van der Waals surface area contributed by atoms with Gasteiger partial charge in [-0.3, -0.25) is 0 Å². The van der Waals surface area contributed by atoms with Gasteiger partial charge in [-0.2, -0.15) is 0 Å². The van der Waals surface area contributed by atoms with E-state index in [4.69, 9.17) is 0 Å². The van der Waals surface area contributed by atoms with E-state index in [9.17, 15) is 9.90 Å². The summed E-state index contributed by atoms with van der Waals surface area (Å²) < 4.78 is 1.98. The van der Waals surface area contributed by atoms with Gasteiger partial charge in [0.1, 0.15) is 16.2 Å². The molecule has 0 bridgehead atoms. The molecule has 0 aliphatic heterocycles. The molecule has 4 heterocycles. The molecule has 0 atom stereocenters. The minimum Gasteiger partial charge on any atom is -0.465 e. The number of imidazole rings is 1. The first-order valence-electron chi connectivity index (χ1n) is 9.86. The van der Waals surface area contributed by atoms with Gasteiger partial charge in [-0.1, -0.05) is 29.5 Å². The van der Waals surface area contributed by atoms with Crippen LogP contribution in [0, 0.1) is 6.92 Å². The lowest BCUT2D eigenvalue weighted by atomic mass is 10.1. The standard InChI is InChI=1S/C21H20N8O2S/c1-11-26-27-20(32-11)29(21(30)31)9-12-5-4-6-13(7-12)15-8-14-17-16(23-10-28(17)3)19(22-2)25-18(14)24-15/h4-8,10H,9H2,1-3H3,(H,30,31)(H2,22,24,25). The van der Waals surface area contributed by atoms with Crippen molar-refractivity contribution in [1.82, 2.24) is 29.7 Å². The van der Waals surface area contributed by atoms with Gasteiger partial charge in [-0.05, 0) is 30.2 Å². The van der Waals surface area contributed by atoms with E-state index in [2.05, 4.69) is 30.5 Å². The first kappa shape index (κ1) is 19.9. The Morgan fingerprint density at radius 3 is 2.88 bits per heavy atom. The van der Waals surface area contributed by atoms with Crippen molar-refractivity contribution in [2.75, 3.05) is 17.3 Å². The van der Waals surface area contributed by atoms with Gasteiger partial charge in [0.25, 0.3) is 0 Å². The fourth-order valence-corrected chi connectivity index (χ4v) is 4.44. The molecule has 0 radical (unpaired) electrons. The third-order valence-electron chi connectivity index (χ3n) is 5.23. The highest BCUT2D eigenvalue weighted by Crippen LogP contribution is 2.32. The Labute approximate surface area is 186 Å². The van der Waals surface area contributed by atoms with Crippen LogP contribution in [0.3, 0.4) is 0 Å². The normalized spacial score (nSPS) is 11.3. The summed E-state index contributed by atoms with van der Waals surface area (Å²) in [6, 6.07) is 9.80. The molecule has 32 heavy (non-hydrogen) atoms. The second kappa shape index (κ2) is 7.61. The van der Waals surface area contributed by atoms with E-state index in [-0.39, 0.29) is 6.54 Å². The van der Waals surface area contributed by atoms with Crippen LogP contribution in [0.5, 0.6) is 0 Å². The van der Waals surface area contributed by atoms with Crippen molar-refractivity contribution < 1.29 is 9.90 Å². The van der Waals surface area contributed by atoms with E-state index in [1.807, 2.05) is 49.0 Å². The third-order valence-corrected chi connectivity index (χ3v) is 6.09. The summed E-state index contributed by atoms with van der Waals surface area (Å²) in [5.41, 5.74) is 5.21. The largest absolute Gasteiger partial charge is 0.465 e. The molecule has 4 aromatic heterocycles. The summed E-state index contributed by atoms with van der Waals surface area (Å²) in [6.07, 6.45) is 0.704. The highest BCUT2D eigenvalue weighted by molar-refractivity contribution is 7.15. The van der Waals surface area contributed by atoms with Gasteiger partial charge < -0.3 is 20.0 Å². The number of carboxylic acid groups (broad SMARTS) is 1. The Bertz CT molecular complexity index is 1470. The molecule has 0 unspecified atom stereocenters. The fraction of sp³-hybridized carbons (Fsp3) is 0.190. The number of H-pyrrole nitrogens is 1. The van der Waals surface area contributed by atoms with Crippen LogP contribution in [0.25, 0.3) is 33.3 Å². The molecule has 0 spiro atoms. The molecule has 5 aromatic rings. The topological polar surface area (TPSA) is 125 Å². The number of fused-ring (bicyclic) bond motifs is 3. The molecular formula is C21H20N8O2S. The molecule has 0 fully saturated rings. The average Bonchev–Trinajstić information content (AvgIpc) is 3.49. The van der Waals surface area contributed by atoms with E-state index in [1.54, 1.807) is 13.3 Å². The summed E-state index contributed by atoms with van der Waals surface area (Å²) in [5.74, 6) is 0.708. The minimum atomic E-state index is -1.07. The third kappa shape index (κ3) is 3.32. The summed E-state index contributed by atoms with van der Waals surface area (Å²) in [5, 5.41) is 22.7. The maximum atomic E-state index is 11.8. The molecule has 0 aliphatic carbocycles. The quantitative estimate of drug-likeness (QED) is 0.371. The molecule has 5 rings (SSSR count). The number of nitrogens with zero attached hydrogens (tertiary/aromatic N) is 6. The Morgan fingerprint density at radius 1 is 1.31 bits per heavy atom. The second-order valence-corrected chi connectivity index (χ2v) is 8.54. The second-order valence-electron chi connectivity index (χ2n) is 7.38. The highest BCUT2D eigenvalue weighted by Gasteiger charge is 2.20. The van der Waals surface area contributed by atoms with Crippen molar-refractivity contribution >= 4 is 50.4 Å². The average molecular weight is 449 g/mol. The van der Waals surface area contributed by atoms with Gasteiger partial charge in [0, 0.05) is 25.2 Å². The van der Waals surface area contributed by atoms with Crippen LogP contribution in [0.15, 0.2) is 36.7 Å². The Hall–Kier alpha value is -3.99. The number of rotatable bonds is 5. The van der Waals surface area contributed by atoms with Crippen molar-refractivity contribution in [3.05, 3.63) is 47.2 Å². The number of aromatic amines is 1. The van der Waals surface area contributed by atoms with Crippen LogP contribution < -0.4 is 10.2 Å². The molecule has 3 N–H and O–H groups in total. The monoisotopic (exact) mass is 448 g/mol. The number of hydrogen-bond acceptors (Lipinski definition) is 7. The van der Waals surface area contributed by atoms with Crippen LogP contribution in [-0.2, 0) is 13.6 Å². The SMILES string of the molecule is CNc1nc2[nH]c(-c3cccc(CN(C(=O)O)c4nnc(C)s4)c3)cc2c2c1ncn2C. The Morgan fingerprint density at radius 2 is 2.16 bits per heavy atom. The molecule has 1 amide bonds. The van der Waals surface area contributed by atoms with Gasteiger partial charge in [0.05, 0.1) is 18.4 Å². The number of aryl methyl sites for hydroxylation is 2. The molecule has 1 aromatic carbocycles. The smallest absolute Gasteiger partial charge is 0.414 e. The summed E-state index contributed by atoms with van der Waals surface area (Å²) in [4.78, 5) is 25.6. The summed E-state index contributed by atoms with van der Waals surface area (Å²) >= 11 is 1.25. The zero-order valence-corrected chi connectivity index (χ0v) is 18.4. The van der Waals surface area contributed by atoms with Gasteiger partial charge in [-0.25, -0.2) is 19.7 Å². The number of hydrogen-bond donors (Lipinski definition) is 3. The maximum Gasteiger partial charge on any atom is 0.414 e. The van der Waals surface area contributed by atoms with E-state index in [0.29, 0.717) is 16.0 Å². The first-order chi connectivity index (χ1) is 15.4.